The molecular weight excluding hydrogens is 228 g/mol. The number of amides is 1. The third-order valence-corrected chi connectivity index (χ3v) is 2.57. The molecule has 0 bridgehead atoms. The molecule has 0 aromatic carbocycles. The second kappa shape index (κ2) is 6.50. The second-order valence-corrected chi connectivity index (χ2v) is 3.81. The maximum absolute atomic E-state index is 11.6. The number of halogens is 1. The van der Waals surface area contributed by atoms with Crippen LogP contribution in [0.4, 0.5) is 0 Å². The highest BCUT2D eigenvalue weighted by atomic mass is 35.5. The van der Waals surface area contributed by atoms with Gasteiger partial charge >= 0.3 is 0 Å². The van der Waals surface area contributed by atoms with Crippen LogP contribution in [-0.2, 0) is 18.4 Å². The first-order chi connectivity index (χ1) is 7.02. The van der Waals surface area contributed by atoms with Gasteiger partial charge in [0.1, 0.15) is 0 Å². The Bertz CT molecular complexity index is 337. The summed E-state index contributed by atoms with van der Waals surface area (Å²) in [5.41, 5.74) is 6.61. The molecule has 1 rings (SSSR count). The van der Waals surface area contributed by atoms with E-state index in [1.54, 1.807) is 10.9 Å². The molecule has 16 heavy (non-hydrogen) atoms. The topological polar surface area (TPSA) is 72.9 Å². The number of nitrogens with two attached hydrogens (primary N) is 1. The van der Waals surface area contributed by atoms with Crippen LogP contribution in [0.15, 0.2) is 12.3 Å². The van der Waals surface area contributed by atoms with Gasteiger partial charge in [0.25, 0.3) is 0 Å². The van der Waals surface area contributed by atoms with Crippen molar-refractivity contribution in [3.05, 3.63) is 18.0 Å². The van der Waals surface area contributed by atoms with Gasteiger partial charge in [0, 0.05) is 25.2 Å². The Morgan fingerprint density at radius 2 is 2.25 bits per heavy atom. The lowest BCUT2D eigenvalue weighted by atomic mass is 10.0. The number of hydrogen-bond donors (Lipinski definition) is 2. The van der Waals surface area contributed by atoms with Crippen LogP contribution in [0.2, 0.25) is 0 Å². The van der Waals surface area contributed by atoms with Crippen molar-refractivity contribution in [1.29, 1.82) is 0 Å². The molecule has 3 N–H and O–H groups in total. The molecule has 92 valence electrons. The van der Waals surface area contributed by atoms with Crippen molar-refractivity contribution in [1.82, 2.24) is 15.1 Å². The SMILES string of the molecule is CC(N)C(C)C(=O)NCc1ccnn1C.Cl. The molecule has 0 aliphatic rings. The van der Waals surface area contributed by atoms with Crippen LogP contribution in [0.1, 0.15) is 19.5 Å². The molecule has 0 saturated carbocycles. The Hall–Kier alpha value is -1.07. The van der Waals surface area contributed by atoms with Gasteiger partial charge < -0.3 is 11.1 Å². The Balaban J connectivity index is 0.00000225. The minimum absolute atomic E-state index is 0. The zero-order valence-electron chi connectivity index (χ0n) is 9.80. The van der Waals surface area contributed by atoms with Gasteiger partial charge in [0.2, 0.25) is 5.91 Å². The Labute approximate surface area is 102 Å². The van der Waals surface area contributed by atoms with Crippen molar-refractivity contribution in [2.24, 2.45) is 18.7 Å². The summed E-state index contributed by atoms with van der Waals surface area (Å²) in [5, 5.41) is 6.84. The molecular formula is C10H19ClN4O. The number of carbonyl (C=O) groups excluding carboxylic acids is 1. The largest absolute Gasteiger partial charge is 0.350 e. The fourth-order valence-corrected chi connectivity index (χ4v) is 1.15. The Morgan fingerprint density at radius 3 is 2.69 bits per heavy atom. The zero-order chi connectivity index (χ0) is 11.4. The van der Waals surface area contributed by atoms with Gasteiger partial charge in [-0.25, -0.2) is 0 Å². The van der Waals surface area contributed by atoms with Crippen molar-refractivity contribution in [2.45, 2.75) is 26.4 Å². The minimum atomic E-state index is -0.168. The van der Waals surface area contributed by atoms with Crippen LogP contribution < -0.4 is 11.1 Å². The molecule has 0 saturated heterocycles. The maximum atomic E-state index is 11.6. The third-order valence-electron chi connectivity index (χ3n) is 2.57. The summed E-state index contributed by atoms with van der Waals surface area (Å²) in [6, 6.07) is 1.74. The van der Waals surface area contributed by atoms with E-state index in [0.29, 0.717) is 6.54 Å². The van der Waals surface area contributed by atoms with Crippen molar-refractivity contribution >= 4 is 18.3 Å². The van der Waals surface area contributed by atoms with E-state index in [1.165, 1.54) is 0 Å². The van der Waals surface area contributed by atoms with E-state index in [1.807, 2.05) is 27.0 Å². The summed E-state index contributed by atoms with van der Waals surface area (Å²) in [6.07, 6.45) is 1.70. The molecule has 0 fully saturated rings. The smallest absolute Gasteiger partial charge is 0.224 e. The van der Waals surface area contributed by atoms with E-state index in [2.05, 4.69) is 10.4 Å². The van der Waals surface area contributed by atoms with Crippen LogP contribution in [0.3, 0.4) is 0 Å². The lowest BCUT2D eigenvalue weighted by Crippen LogP contribution is -2.38. The molecule has 1 aromatic rings. The van der Waals surface area contributed by atoms with Gasteiger partial charge in [-0.05, 0) is 13.0 Å². The van der Waals surface area contributed by atoms with Gasteiger partial charge in [-0.1, -0.05) is 6.92 Å². The summed E-state index contributed by atoms with van der Waals surface area (Å²) < 4.78 is 1.73. The Kier molecular flexibility index (Phi) is 6.06. The predicted octanol–water partition coefficient (Wildman–Crippen LogP) is 0.441. The molecule has 0 spiro atoms. The zero-order valence-corrected chi connectivity index (χ0v) is 10.6. The van der Waals surface area contributed by atoms with Crippen molar-refractivity contribution in [2.75, 3.05) is 0 Å². The van der Waals surface area contributed by atoms with Crippen molar-refractivity contribution < 1.29 is 4.79 Å². The first-order valence-corrected chi connectivity index (χ1v) is 5.02. The van der Waals surface area contributed by atoms with Crippen LogP contribution in [-0.4, -0.2) is 21.7 Å². The highest BCUT2D eigenvalue weighted by Crippen LogP contribution is 2.01. The molecule has 2 unspecified atom stereocenters. The molecule has 0 radical (unpaired) electrons. The summed E-state index contributed by atoms with van der Waals surface area (Å²) in [4.78, 5) is 11.6. The number of nitrogens with zero attached hydrogens (tertiary/aromatic N) is 2. The van der Waals surface area contributed by atoms with E-state index in [4.69, 9.17) is 5.73 Å². The van der Waals surface area contributed by atoms with Gasteiger partial charge in [-0.2, -0.15) is 5.10 Å². The van der Waals surface area contributed by atoms with E-state index < -0.39 is 0 Å². The predicted molar refractivity (Wildman–Crippen MR) is 65.1 cm³/mol. The summed E-state index contributed by atoms with van der Waals surface area (Å²) >= 11 is 0. The number of aromatic nitrogens is 2. The fourth-order valence-electron chi connectivity index (χ4n) is 1.15. The van der Waals surface area contributed by atoms with Crippen LogP contribution in [0, 0.1) is 5.92 Å². The minimum Gasteiger partial charge on any atom is -0.350 e. The Morgan fingerprint density at radius 1 is 1.62 bits per heavy atom. The summed E-state index contributed by atoms with van der Waals surface area (Å²) in [5.74, 6) is -0.190. The molecule has 0 aliphatic heterocycles. The van der Waals surface area contributed by atoms with E-state index in [-0.39, 0.29) is 30.3 Å². The van der Waals surface area contributed by atoms with E-state index >= 15 is 0 Å². The average molecular weight is 247 g/mol. The number of rotatable bonds is 4. The standard InChI is InChI=1S/C10H18N4O.ClH/c1-7(8(2)11)10(15)12-6-9-4-5-13-14(9)3;/h4-5,7-8H,6,11H2,1-3H3,(H,12,15);1H. The lowest BCUT2D eigenvalue weighted by molar-refractivity contribution is -0.125. The van der Waals surface area contributed by atoms with Gasteiger partial charge in [0.15, 0.2) is 0 Å². The summed E-state index contributed by atoms with van der Waals surface area (Å²) in [7, 11) is 1.84. The number of hydrogen-bond acceptors (Lipinski definition) is 3. The number of carbonyl (C=O) groups is 1. The van der Waals surface area contributed by atoms with E-state index in [0.717, 1.165) is 5.69 Å². The molecule has 1 heterocycles. The quantitative estimate of drug-likeness (QED) is 0.810. The molecule has 0 aliphatic carbocycles. The van der Waals surface area contributed by atoms with Gasteiger partial charge in [-0.3, -0.25) is 9.48 Å². The molecule has 5 nitrogen and oxygen atoms in total. The van der Waals surface area contributed by atoms with Crippen LogP contribution >= 0.6 is 12.4 Å². The fraction of sp³-hybridized carbons (Fsp3) is 0.600. The first kappa shape index (κ1) is 14.9. The first-order valence-electron chi connectivity index (χ1n) is 5.02. The molecule has 1 aromatic heterocycles. The maximum Gasteiger partial charge on any atom is 0.224 e. The molecule has 6 heteroatoms. The second-order valence-electron chi connectivity index (χ2n) is 3.81. The lowest BCUT2D eigenvalue weighted by Gasteiger charge is -2.15. The number of nitrogens with one attached hydrogen (secondary N) is 1. The highest BCUT2D eigenvalue weighted by molar-refractivity contribution is 5.85. The number of aryl methyl sites for hydroxylation is 1. The van der Waals surface area contributed by atoms with Crippen LogP contribution in [0.25, 0.3) is 0 Å². The molecule has 2 atom stereocenters. The van der Waals surface area contributed by atoms with Gasteiger partial charge in [0.05, 0.1) is 12.2 Å². The third kappa shape index (κ3) is 3.83. The van der Waals surface area contributed by atoms with E-state index in [9.17, 15) is 4.79 Å². The molecule has 1 amide bonds. The van der Waals surface area contributed by atoms with Crippen molar-refractivity contribution in [3.8, 4) is 0 Å². The highest BCUT2D eigenvalue weighted by Gasteiger charge is 2.16. The summed E-state index contributed by atoms with van der Waals surface area (Å²) in [6.45, 7) is 4.14. The monoisotopic (exact) mass is 246 g/mol. The van der Waals surface area contributed by atoms with Crippen molar-refractivity contribution in [3.63, 3.8) is 0 Å². The average Bonchev–Trinajstić information content (AvgIpc) is 2.59. The van der Waals surface area contributed by atoms with Gasteiger partial charge in [-0.15, -0.1) is 12.4 Å². The normalized spacial score (nSPS) is 13.8. The van der Waals surface area contributed by atoms with Crippen LogP contribution in [0.5, 0.6) is 0 Å².